The highest BCUT2D eigenvalue weighted by atomic mass is 79.9. The first-order valence-electron chi connectivity index (χ1n) is 7.65. The van der Waals surface area contributed by atoms with Gasteiger partial charge in [-0.15, -0.1) is 0 Å². The van der Waals surface area contributed by atoms with Crippen LogP contribution in [0.5, 0.6) is 0 Å². The molecule has 5 nitrogen and oxygen atoms in total. The maximum Gasteiger partial charge on any atom is 0.107 e. The smallest absolute Gasteiger partial charge is 0.107 e. The van der Waals surface area contributed by atoms with E-state index in [-0.39, 0.29) is 6.10 Å². The second-order valence-corrected chi connectivity index (χ2v) is 6.71. The Morgan fingerprint density at radius 3 is 1.96 bits per heavy atom. The fourth-order valence-corrected chi connectivity index (χ4v) is 2.97. The average molecular weight is 454 g/mol. The molecule has 0 bridgehead atoms. The van der Waals surface area contributed by atoms with Gasteiger partial charge in [0.2, 0.25) is 0 Å². The fourth-order valence-electron chi connectivity index (χ4n) is 2.09. The number of rotatable bonds is 1. The van der Waals surface area contributed by atoms with Crippen molar-refractivity contribution in [3.8, 4) is 0 Å². The molecule has 0 aromatic heterocycles. The lowest BCUT2D eigenvalue weighted by Gasteiger charge is -2.20. The van der Waals surface area contributed by atoms with Gasteiger partial charge < -0.3 is 23.7 Å². The largest absolute Gasteiger partial charge is 0.377 e. The van der Waals surface area contributed by atoms with Crippen LogP contribution in [0.2, 0.25) is 0 Å². The number of hydrogen-bond acceptors (Lipinski definition) is 5. The molecule has 1 aromatic carbocycles. The number of benzene rings is 1. The average Bonchev–Trinajstić information content (AvgIpc) is 2.56. The van der Waals surface area contributed by atoms with Crippen LogP contribution in [-0.4, -0.2) is 59.5 Å². The van der Waals surface area contributed by atoms with E-state index in [9.17, 15) is 0 Å². The van der Waals surface area contributed by atoms with Crippen LogP contribution in [0.1, 0.15) is 11.7 Å². The molecule has 0 radical (unpaired) electrons. The molecule has 1 saturated heterocycles. The molecule has 0 saturated carbocycles. The van der Waals surface area contributed by atoms with Gasteiger partial charge in [-0.3, -0.25) is 0 Å². The molecule has 0 N–H and O–H groups in total. The van der Waals surface area contributed by atoms with Crippen molar-refractivity contribution < 1.29 is 23.7 Å². The van der Waals surface area contributed by atoms with Crippen LogP contribution in [0.4, 0.5) is 0 Å². The van der Waals surface area contributed by atoms with E-state index < -0.39 is 0 Å². The molecule has 1 atom stereocenters. The molecule has 0 aliphatic carbocycles. The van der Waals surface area contributed by atoms with Crippen LogP contribution in [-0.2, 0) is 23.7 Å². The Hall–Kier alpha value is -0.0200. The van der Waals surface area contributed by atoms with Gasteiger partial charge in [0.1, 0.15) is 6.10 Å². The van der Waals surface area contributed by atoms with Gasteiger partial charge in [0.25, 0.3) is 0 Å². The Bertz CT molecular complexity index is 442. The van der Waals surface area contributed by atoms with Crippen molar-refractivity contribution in [1.29, 1.82) is 0 Å². The van der Waals surface area contributed by atoms with Gasteiger partial charge in [0.05, 0.1) is 59.5 Å². The zero-order valence-electron chi connectivity index (χ0n) is 13.0. The number of halogens is 2. The molecule has 1 fully saturated rings. The maximum absolute atomic E-state index is 5.96. The van der Waals surface area contributed by atoms with E-state index >= 15 is 0 Å². The maximum atomic E-state index is 5.96. The predicted octanol–water partition coefficient (Wildman–Crippen LogP) is 3.35. The molecule has 1 heterocycles. The Kier molecular flexibility index (Phi) is 9.67. The van der Waals surface area contributed by atoms with Crippen LogP contribution in [0, 0.1) is 0 Å². The molecular weight excluding hydrogens is 432 g/mol. The summed E-state index contributed by atoms with van der Waals surface area (Å²) in [7, 11) is 0. The minimum absolute atomic E-state index is 0.160. The van der Waals surface area contributed by atoms with Gasteiger partial charge in [-0.05, 0) is 23.8 Å². The van der Waals surface area contributed by atoms with Gasteiger partial charge in [0.15, 0.2) is 0 Å². The summed E-state index contributed by atoms with van der Waals surface area (Å²) < 4.78 is 30.0. The molecule has 1 aliphatic heterocycles. The highest BCUT2D eigenvalue weighted by Gasteiger charge is 2.16. The number of hydrogen-bond donors (Lipinski definition) is 0. The van der Waals surface area contributed by atoms with Crippen LogP contribution < -0.4 is 0 Å². The molecule has 1 aromatic rings. The van der Waals surface area contributed by atoms with Crippen molar-refractivity contribution >= 4 is 31.9 Å². The lowest BCUT2D eigenvalue weighted by molar-refractivity contribution is -0.0474. The first-order valence-corrected chi connectivity index (χ1v) is 9.23. The molecule has 23 heavy (non-hydrogen) atoms. The first kappa shape index (κ1) is 19.3. The molecule has 0 amide bonds. The SMILES string of the molecule is Brc1ccc(Br)c(C2COCCOCCOCCOCCO2)c1. The highest BCUT2D eigenvalue weighted by Crippen LogP contribution is 2.29. The zero-order valence-corrected chi connectivity index (χ0v) is 16.1. The normalized spacial score (nSPS) is 23.0. The van der Waals surface area contributed by atoms with Gasteiger partial charge in [-0.2, -0.15) is 0 Å². The van der Waals surface area contributed by atoms with Gasteiger partial charge in [0, 0.05) is 8.95 Å². The summed E-state index contributed by atoms with van der Waals surface area (Å²) in [5, 5.41) is 0. The number of ether oxygens (including phenoxy) is 5. The van der Waals surface area contributed by atoms with Crippen molar-refractivity contribution in [2.24, 2.45) is 0 Å². The van der Waals surface area contributed by atoms with Crippen LogP contribution in [0.15, 0.2) is 27.1 Å². The van der Waals surface area contributed by atoms with Crippen LogP contribution >= 0.6 is 31.9 Å². The Morgan fingerprint density at radius 1 is 0.739 bits per heavy atom. The summed E-state index contributed by atoms with van der Waals surface area (Å²) in [6.45, 7) is 4.86. The lowest BCUT2D eigenvalue weighted by atomic mass is 10.1. The molecule has 0 spiro atoms. The monoisotopic (exact) mass is 452 g/mol. The van der Waals surface area contributed by atoms with E-state index in [1.54, 1.807) is 0 Å². The summed E-state index contributed by atoms with van der Waals surface area (Å²) >= 11 is 7.08. The Balaban J connectivity index is 1.95. The predicted molar refractivity (Wildman–Crippen MR) is 93.8 cm³/mol. The molecule has 7 heteroatoms. The second-order valence-electron chi connectivity index (χ2n) is 4.94. The van der Waals surface area contributed by atoms with E-state index in [1.807, 2.05) is 18.2 Å². The van der Waals surface area contributed by atoms with Crippen molar-refractivity contribution in [2.75, 3.05) is 59.5 Å². The molecule has 2 rings (SSSR count). The molecule has 1 unspecified atom stereocenters. The van der Waals surface area contributed by atoms with Crippen molar-refractivity contribution in [3.05, 3.63) is 32.7 Å². The van der Waals surface area contributed by atoms with E-state index in [2.05, 4.69) is 31.9 Å². The summed E-state index contributed by atoms with van der Waals surface area (Å²) in [6.07, 6.45) is -0.160. The van der Waals surface area contributed by atoms with Gasteiger partial charge in [-0.1, -0.05) is 31.9 Å². The quantitative estimate of drug-likeness (QED) is 0.652. The third kappa shape index (κ3) is 7.60. The topological polar surface area (TPSA) is 46.2 Å². The van der Waals surface area contributed by atoms with Gasteiger partial charge >= 0.3 is 0 Å². The van der Waals surface area contributed by atoms with E-state index in [0.29, 0.717) is 59.5 Å². The Morgan fingerprint density at radius 2 is 1.30 bits per heavy atom. The van der Waals surface area contributed by atoms with Crippen LogP contribution in [0.3, 0.4) is 0 Å². The third-order valence-electron chi connectivity index (χ3n) is 3.24. The first-order chi connectivity index (χ1) is 11.3. The molecule has 130 valence electrons. The fraction of sp³-hybridized carbons (Fsp3) is 0.625. The second kappa shape index (κ2) is 11.5. The Labute approximate surface area is 153 Å². The van der Waals surface area contributed by atoms with Crippen LogP contribution in [0.25, 0.3) is 0 Å². The summed E-state index contributed by atoms with van der Waals surface area (Å²) in [5.74, 6) is 0. The van der Waals surface area contributed by atoms with Crippen molar-refractivity contribution in [2.45, 2.75) is 6.10 Å². The summed E-state index contributed by atoms with van der Waals surface area (Å²) in [4.78, 5) is 0. The molecular formula is C16H22Br2O5. The summed E-state index contributed by atoms with van der Waals surface area (Å²) in [6, 6.07) is 6.02. The van der Waals surface area contributed by atoms with E-state index in [0.717, 1.165) is 14.5 Å². The van der Waals surface area contributed by atoms with Gasteiger partial charge in [-0.25, -0.2) is 0 Å². The minimum atomic E-state index is -0.160. The highest BCUT2D eigenvalue weighted by molar-refractivity contribution is 9.11. The lowest BCUT2D eigenvalue weighted by Crippen LogP contribution is -2.17. The minimum Gasteiger partial charge on any atom is -0.377 e. The van der Waals surface area contributed by atoms with Crippen molar-refractivity contribution in [1.82, 2.24) is 0 Å². The summed E-state index contributed by atoms with van der Waals surface area (Å²) in [5.41, 5.74) is 1.05. The molecule has 1 aliphatic rings. The van der Waals surface area contributed by atoms with E-state index in [1.165, 1.54) is 0 Å². The third-order valence-corrected chi connectivity index (χ3v) is 4.45. The van der Waals surface area contributed by atoms with Crippen molar-refractivity contribution in [3.63, 3.8) is 0 Å². The van der Waals surface area contributed by atoms with E-state index in [4.69, 9.17) is 23.7 Å². The standard InChI is InChI=1S/C16H22Br2O5/c17-13-1-2-15(18)14(11-13)16-12-22-8-7-20-4-3-19-5-6-21-9-10-23-16/h1-2,11,16H,3-10,12H2. The zero-order chi connectivity index (χ0) is 16.3.